The van der Waals surface area contributed by atoms with E-state index in [0.29, 0.717) is 11.4 Å². The Morgan fingerprint density at radius 2 is 1.61 bits per heavy atom. The number of benzene rings is 3. The van der Waals surface area contributed by atoms with Crippen molar-refractivity contribution in [1.29, 1.82) is 0 Å². The number of rotatable bonds is 6. The predicted molar refractivity (Wildman–Crippen MR) is 110 cm³/mol. The van der Waals surface area contributed by atoms with Gasteiger partial charge in [-0.2, -0.15) is 0 Å². The normalized spacial score (nSPS) is 11.1. The van der Waals surface area contributed by atoms with E-state index in [-0.39, 0.29) is 17.2 Å². The van der Waals surface area contributed by atoms with Gasteiger partial charge in [0.2, 0.25) is 5.91 Å². The Morgan fingerprint density at radius 3 is 2.25 bits per heavy atom. The van der Waals surface area contributed by atoms with Crippen molar-refractivity contribution < 1.29 is 17.6 Å². The first-order valence-electron chi connectivity index (χ1n) is 8.24. The van der Waals surface area contributed by atoms with Crippen molar-refractivity contribution in [3.05, 3.63) is 88.6 Å². The number of hydrogen-bond acceptors (Lipinski definition) is 3. The van der Waals surface area contributed by atoms with Crippen molar-refractivity contribution in [3.63, 3.8) is 0 Å². The van der Waals surface area contributed by atoms with Crippen molar-refractivity contribution in [2.45, 2.75) is 11.3 Å². The minimum atomic E-state index is -3.81. The number of carbonyl (C=O) groups is 1. The summed E-state index contributed by atoms with van der Waals surface area (Å²) in [5, 5.41) is 2.80. The highest BCUT2D eigenvalue weighted by atomic mass is 79.9. The fourth-order valence-corrected chi connectivity index (χ4v) is 3.93. The van der Waals surface area contributed by atoms with Crippen LogP contribution in [0.2, 0.25) is 0 Å². The molecule has 1 amide bonds. The molecule has 3 rings (SSSR count). The lowest BCUT2D eigenvalue weighted by atomic mass is 10.1. The van der Waals surface area contributed by atoms with E-state index in [1.807, 2.05) is 12.1 Å². The number of amides is 1. The van der Waals surface area contributed by atoms with Crippen LogP contribution in [0.5, 0.6) is 0 Å². The Hall–Kier alpha value is -2.71. The van der Waals surface area contributed by atoms with Crippen LogP contribution < -0.4 is 10.0 Å². The summed E-state index contributed by atoms with van der Waals surface area (Å²) in [5.41, 5.74) is 1.76. The molecule has 0 saturated carbocycles. The van der Waals surface area contributed by atoms with Gasteiger partial charge in [0, 0.05) is 15.8 Å². The maximum absolute atomic E-state index is 13.0. The summed E-state index contributed by atoms with van der Waals surface area (Å²) in [6.45, 7) is 0. The molecule has 0 saturated heterocycles. The molecular weight excluding hydrogens is 447 g/mol. The van der Waals surface area contributed by atoms with E-state index < -0.39 is 15.8 Å². The zero-order valence-electron chi connectivity index (χ0n) is 14.5. The SMILES string of the molecule is O=C(Cc1ccc(NS(=O)(=O)c2ccc(F)cc2)cc1)Nc1cccc(Br)c1. The molecule has 5 nitrogen and oxygen atoms in total. The summed E-state index contributed by atoms with van der Waals surface area (Å²) < 4.78 is 40.9. The number of nitrogens with one attached hydrogen (secondary N) is 2. The molecule has 0 aliphatic carbocycles. The molecule has 0 heterocycles. The van der Waals surface area contributed by atoms with Crippen LogP contribution in [-0.2, 0) is 21.2 Å². The highest BCUT2D eigenvalue weighted by Crippen LogP contribution is 2.18. The Bertz CT molecular complexity index is 1090. The second-order valence-electron chi connectivity index (χ2n) is 5.99. The Morgan fingerprint density at radius 1 is 0.929 bits per heavy atom. The van der Waals surface area contributed by atoms with Crippen molar-refractivity contribution in [2.75, 3.05) is 10.0 Å². The predicted octanol–water partition coefficient (Wildman–Crippen LogP) is 4.57. The highest BCUT2D eigenvalue weighted by Gasteiger charge is 2.14. The molecule has 3 aromatic carbocycles. The van der Waals surface area contributed by atoms with Crippen molar-refractivity contribution in [1.82, 2.24) is 0 Å². The first-order chi connectivity index (χ1) is 13.3. The molecule has 0 spiro atoms. The second-order valence-corrected chi connectivity index (χ2v) is 8.59. The van der Waals surface area contributed by atoms with Gasteiger partial charge in [-0.3, -0.25) is 9.52 Å². The second kappa shape index (κ2) is 8.53. The molecule has 0 fully saturated rings. The van der Waals surface area contributed by atoms with Gasteiger partial charge in [-0.25, -0.2) is 12.8 Å². The average molecular weight is 463 g/mol. The van der Waals surface area contributed by atoms with Crippen LogP contribution in [-0.4, -0.2) is 14.3 Å². The van der Waals surface area contributed by atoms with Gasteiger partial charge in [-0.15, -0.1) is 0 Å². The van der Waals surface area contributed by atoms with Crippen LogP contribution in [0, 0.1) is 5.82 Å². The lowest BCUT2D eigenvalue weighted by Crippen LogP contribution is -2.15. The number of hydrogen-bond donors (Lipinski definition) is 2. The number of anilines is 2. The van der Waals surface area contributed by atoms with Gasteiger partial charge in [0.05, 0.1) is 11.3 Å². The van der Waals surface area contributed by atoms with E-state index in [2.05, 4.69) is 26.0 Å². The quantitative estimate of drug-likeness (QED) is 0.563. The maximum atomic E-state index is 13.0. The van der Waals surface area contributed by atoms with Crippen LogP contribution in [0.1, 0.15) is 5.56 Å². The first kappa shape index (κ1) is 20.0. The van der Waals surface area contributed by atoms with Crippen molar-refractivity contribution in [3.8, 4) is 0 Å². The smallest absolute Gasteiger partial charge is 0.261 e. The van der Waals surface area contributed by atoms with Crippen LogP contribution >= 0.6 is 15.9 Å². The van der Waals surface area contributed by atoms with Crippen LogP contribution in [0.25, 0.3) is 0 Å². The standard InChI is InChI=1S/C20H16BrFN2O3S/c21-15-2-1-3-18(13-15)23-20(25)12-14-4-8-17(9-5-14)24-28(26,27)19-10-6-16(22)7-11-19/h1-11,13,24H,12H2,(H,23,25). The fourth-order valence-electron chi connectivity index (χ4n) is 2.48. The van der Waals surface area contributed by atoms with Crippen molar-refractivity contribution in [2.24, 2.45) is 0 Å². The fraction of sp³-hybridized carbons (Fsp3) is 0.0500. The highest BCUT2D eigenvalue weighted by molar-refractivity contribution is 9.10. The lowest BCUT2D eigenvalue weighted by Gasteiger charge is -2.09. The molecule has 0 aromatic heterocycles. The third-order valence-corrected chi connectivity index (χ3v) is 5.69. The van der Waals surface area contributed by atoms with Gasteiger partial charge in [0.1, 0.15) is 5.82 Å². The number of carbonyl (C=O) groups excluding carboxylic acids is 1. The Kier molecular flexibility index (Phi) is 6.11. The van der Waals surface area contributed by atoms with Gasteiger partial charge in [-0.05, 0) is 60.2 Å². The van der Waals surface area contributed by atoms with E-state index >= 15 is 0 Å². The summed E-state index contributed by atoms with van der Waals surface area (Å²) in [6, 6.07) is 18.3. The third-order valence-electron chi connectivity index (χ3n) is 3.80. The average Bonchev–Trinajstić information content (AvgIpc) is 2.63. The number of sulfonamides is 1. The van der Waals surface area contributed by atoms with E-state index in [9.17, 15) is 17.6 Å². The molecule has 0 aliphatic heterocycles. The molecule has 0 bridgehead atoms. The maximum Gasteiger partial charge on any atom is 0.261 e. The minimum Gasteiger partial charge on any atom is -0.326 e. The van der Waals surface area contributed by atoms with Gasteiger partial charge >= 0.3 is 0 Å². The van der Waals surface area contributed by atoms with Crippen LogP contribution in [0.15, 0.2) is 82.2 Å². The molecule has 28 heavy (non-hydrogen) atoms. The summed E-state index contributed by atoms with van der Waals surface area (Å²) in [5.74, 6) is -0.692. The van der Waals surface area contributed by atoms with E-state index in [1.54, 1.807) is 36.4 Å². The third kappa shape index (κ3) is 5.40. The van der Waals surface area contributed by atoms with Gasteiger partial charge in [0.15, 0.2) is 0 Å². The first-order valence-corrected chi connectivity index (χ1v) is 10.5. The summed E-state index contributed by atoms with van der Waals surface area (Å²) >= 11 is 3.35. The molecular formula is C20H16BrFN2O3S. The Balaban J connectivity index is 1.63. The summed E-state index contributed by atoms with van der Waals surface area (Å²) in [4.78, 5) is 12.1. The van der Waals surface area contributed by atoms with Crippen molar-refractivity contribution >= 4 is 43.2 Å². The van der Waals surface area contributed by atoms with Gasteiger partial charge < -0.3 is 5.32 Å². The van der Waals surface area contributed by atoms with E-state index in [1.165, 1.54) is 12.1 Å². The zero-order chi connectivity index (χ0) is 20.1. The molecule has 3 aromatic rings. The van der Waals surface area contributed by atoms with Gasteiger partial charge in [0.25, 0.3) is 10.0 Å². The van der Waals surface area contributed by atoms with Gasteiger partial charge in [-0.1, -0.05) is 34.1 Å². The molecule has 0 unspecified atom stereocenters. The lowest BCUT2D eigenvalue weighted by molar-refractivity contribution is -0.115. The molecule has 144 valence electrons. The van der Waals surface area contributed by atoms with Crippen LogP contribution in [0.3, 0.4) is 0 Å². The van der Waals surface area contributed by atoms with E-state index in [4.69, 9.17) is 0 Å². The minimum absolute atomic E-state index is 0.0358. The molecule has 8 heteroatoms. The summed E-state index contributed by atoms with van der Waals surface area (Å²) in [6.07, 6.45) is 0.150. The Labute approximate surface area is 170 Å². The number of halogens is 2. The molecule has 2 N–H and O–H groups in total. The topological polar surface area (TPSA) is 75.3 Å². The van der Waals surface area contributed by atoms with E-state index in [0.717, 1.165) is 22.2 Å². The largest absolute Gasteiger partial charge is 0.326 e. The molecule has 0 radical (unpaired) electrons. The molecule has 0 aliphatic rings. The monoisotopic (exact) mass is 462 g/mol. The zero-order valence-corrected chi connectivity index (χ0v) is 16.9. The molecule has 0 atom stereocenters. The summed E-state index contributed by atoms with van der Waals surface area (Å²) in [7, 11) is -3.81. The van der Waals surface area contributed by atoms with Crippen LogP contribution in [0.4, 0.5) is 15.8 Å².